The number of rotatable bonds is 5. The van der Waals surface area contributed by atoms with E-state index in [1.54, 1.807) is 12.1 Å². The van der Waals surface area contributed by atoms with Crippen LogP contribution < -0.4 is 0 Å². The molecule has 2 aromatic rings. The molecular weight excluding hydrogens is 313 g/mol. The van der Waals surface area contributed by atoms with Gasteiger partial charge in [0.15, 0.2) is 5.82 Å². The van der Waals surface area contributed by atoms with Crippen molar-refractivity contribution in [2.75, 3.05) is 24.6 Å². The van der Waals surface area contributed by atoms with Crippen LogP contribution in [0.2, 0.25) is 0 Å². The molecule has 0 N–H and O–H groups in total. The summed E-state index contributed by atoms with van der Waals surface area (Å²) >= 11 is 2.00. The summed E-state index contributed by atoms with van der Waals surface area (Å²) < 4.78 is 14.9. The van der Waals surface area contributed by atoms with Gasteiger partial charge in [0, 0.05) is 24.6 Å². The summed E-state index contributed by atoms with van der Waals surface area (Å²) in [6, 6.07) is 6.72. The summed E-state index contributed by atoms with van der Waals surface area (Å²) in [6.45, 7) is 7.12. The zero-order valence-corrected chi connectivity index (χ0v) is 14.3. The van der Waals surface area contributed by atoms with Gasteiger partial charge in [-0.1, -0.05) is 26.0 Å². The maximum Gasteiger partial charge on any atom is 0.169 e. The van der Waals surface area contributed by atoms with Crippen molar-refractivity contribution >= 4 is 11.8 Å². The van der Waals surface area contributed by atoms with Crippen LogP contribution in [0.5, 0.6) is 0 Å². The molecule has 0 radical (unpaired) electrons. The lowest BCUT2D eigenvalue weighted by atomic mass is 10.0. The van der Waals surface area contributed by atoms with Gasteiger partial charge in [0.25, 0.3) is 0 Å². The van der Waals surface area contributed by atoms with Gasteiger partial charge in [-0.2, -0.15) is 11.8 Å². The quantitative estimate of drug-likeness (QED) is 0.840. The average molecular weight is 335 g/mol. The molecule has 23 heavy (non-hydrogen) atoms. The van der Waals surface area contributed by atoms with Gasteiger partial charge in [-0.25, -0.2) is 9.07 Å². The summed E-state index contributed by atoms with van der Waals surface area (Å²) in [7, 11) is 0. The van der Waals surface area contributed by atoms with Crippen molar-refractivity contribution in [2.24, 2.45) is 5.92 Å². The van der Waals surface area contributed by atoms with E-state index in [9.17, 15) is 4.39 Å². The molecule has 0 saturated carbocycles. The average Bonchev–Trinajstić information content (AvgIpc) is 2.98. The third-order valence-electron chi connectivity index (χ3n) is 4.14. The second kappa shape index (κ2) is 7.40. The number of thioether (sulfide) groups is 1. The molecular formula is C16H22FN5S. The van der Waals surface area contributed by atoms with E-state index < -0.39 is 0 Å². The minimum atomic E-state index is -0.225. The Kier molecular flexibility index (Phi) is 5.27. The van der Waals surface area contributed by atoms with Crippen molar-refractivity contribution in [3.05, 3.63) is 41.5 Å². The molecule has 5 nitrogen and oxygen atoms in total. The Labute approximate surface area is 140 Å². The van der Waals surface area contributed by atoms with Crippen molar-refractivity contribution in [1.82, 2.24) is 25.1 Å². The molecule has 1 aromatic heterocycles. The van der Waals surface area contributed by atoms with Crippen LogP contribution in [-0.4, -0.2) is 49.7 Å². The van der Waals surface area contributed by atoms with Crippen molar-refractivity contribution in [2.45, 2.75) is 26.4 Å². The molecule has 7 heteroatoms. The second-order valence-electron chi connectivity index (χ2n) is 6.16. The first-order valence-electron chi connectivity index (χ1n) is 7.97. The monoisotopic (exact) mass is 335 g/mol. The third kappa shape index (κ3) is 3.90. The molecule has 1 aliphatic heterocycles. The molecule has 0 bridgehead atoms. The number of benzene rings is 1. The molecule has 124 valence electrons. The fourth-order valence-electron chi connectivity index (χ4n) is 3.04. The first-order chi connectivity index (χ1) is 11.1. The number of aromatic nitrogens is 4. The maximum absolute atomic E-state index is 13.1. The van der Waals surface area contributed by atoms with E-state index >= 15 is 0 Å². The molecule has 1 fully saturated rings. The minimum absolute atomic E-state index is 0.214. The number of halogens is 1. The summed E-state index contributed by atoms with van der Waals surface area (Å²) in [4.78, 5) is 2.48. The Morgan fingerprint density at radius 2 is 1.87 bits per heavy atom. The van der Waals surface area contributed by atoms with E-state index in [2.05, 4.69) is 34.3 Å². The highest BCUT2D eigenvalue weighted by Gasteiger charge is 2.29. The van der Waals surface area contributed by atoms with Crippen LogP contribution in [-0.2, 0) is 6.54 Å². The SMILES string of the molecule is CC(C)[C@@H](c1nnnn1Cc1ccc(F)cc1)N1CCSCC1. The van der Waals surface area contributed by atoms with Crippen molar-refractivity contribution in [1.29, 1.82) is 0 Å². The predicted octanol–water partition coefficient (Wildman–Crippen LogP) is 2.61. The Morgan fingerprint density at radius 1 is 1.17 bits per heavy atom. The van der Waals surface area contributed by atoms with Gasteiger partial charge in [0.1, 0.15) is 5.82 Å². The minimum Gasteiger partial charge on any atom is -0.291 e. The molecule has 3 rings (SSSR count). The molecule has 1 atom stereocenters. The molecule has 0 amide bonds. The second-order valence-corrected chi connectivity index (χ2v) is 7.38. The van der Waals surface area contributed by atoms with Crippen LogP contribution in [0.4, 0.5) is 4.39 Å². The third-order valence-corrected chi connectivity index (χ3v) is 5.08. The van der Waals surface area contributed by atoms with Gasteiger partial charge in [-0.05, 0) is 34.0 Å². The lowest BCUT2D eigenvalue weighted by Gasteiger charge is -2.35. The summed E-state index contributed by atoms with van der Waals surface area (Å²) in [5.41, 5.74) is 0.997. The number of hydrogen-bond acceptors (Lipinski definition) is 5. The topological polar surface area (TPSA) is 46.8 Å². The van der Waals surface area contributed by atoms with Crippen molar-refractivity contribution in [3.8, 4) is 0 Å². The summed E-state index contributed by atoms with van der Waals surface area (Å²) in [6.07, 6.45) is 0. The van der Waals surface area contributed by atoms with Gasteiger partial charge in [-0.15, -0.1) is 5.10 Å². The molecule has 0 aliphatic carbocycles. The van der Waals surface area contributed by atoms with Crippen LogP contribution in [0.1, 0.15) is 31.3 Å². The molecule has 0 unspecified atom stereocenters. The van der Waals surface area contributed by atoms with Crippen LogP contribution in [0.15, 0.2) is 24.3 Å². The van der Waals surface area contributed by atoms with E-state index in [-0.39, 0.29) is 11.9 Å². The fraction of sp³-hybridized carbons (Fsp3) is 0.562. The Balaban J connectivity index is 1.83. The Hall–Kier alpha value is -1.47. The Bertz CT molecular complexity index is 622. The molecule has 0 spiro atoms. The Morgan fingerprint density at radius 3 is 2.52 bits per heavy atom. The van der Waals surface area contributed by atoms with Crippen LogP contribution in [0, 0.1) is 11.7 Å². The maximum atomic E-state index is 13.1. The summed E-state index contributed by atoms with van der Waals surface area (Å²) in [5, 5.41) is 12.4. The number of tetrazole rings is 1. The molecule has 1 aromatic carbocycles. The van der Waals surface area contributed by atoms with E-state index in [1.165, 1.54) is 12.1 Å². The normalized spacial score (nSPS) is 17.6. The number of hydrogen-bond donors (Lipinski definition) is 0. The highest BCUT2D eigenvalue weighted by Crippen LogP contribution is 2.29. The van der Waals surface area contributed by atoms with Crippen LogP contribution >= 0.6 is 11.8 Å². The molecule has 2 heterocycles. The van der Waals surface area contributed by atoms with E-state index in [1.807, 2.05) is 16.4 Å². The van der Waals surface area contributed by atoms with Crippen LogP contribution in [0.3, 0.4) is 0 Å². The van der Waals surface area contributed by atoms with E-state index in [4.69, 9.17) is 0 Å². The standard InChI is InChI=1S/C16H22FN5S/c1-12(2)15(21-7-9-23-10-8-21)16-18-19-20-22(16)11-13-3-5-14(17)6-4-13/h3-6,12,15H,7-11H2,1-2H3/t15-/m0/s1. The van der Waals surface area contributed by atoms with Gasteiger partial charge in [-0.3, -0.25) is 4.90 Å². The molecule has 1 aliphatic rings. The van der Waals surface area contributed by atoms with Crippen LogP contribution in [0.25, 0.3) is 0 Å². The first kappa shape index (κ1) is 16.4. The van der Waals surface area contributed by atoms with Gasteiger partial charge >= 0.3 is 0 Å². The smallest absolute Gasteiger partial charge is 0.169 e. The van der Waals surface area contributed by atoms with E-state index in [0.717, 1.165) is 36.0 Å². The predicted molar refractivity (Wildman–Crippen MR) is 89.8 cm³/mol. The lowest BCUT2D eigenvalue weighted by Crippen LogP contribution is -2.39. The summed E-state index contributed by atoms with van der Waals surface area (Å²) in [5.74, 6) is 3.41. The first-order valence-corrected chi connectivity index (χ1v) is 9.13. The van der Waals surface area contributed by atoms with Crippen molar-refractivity contribution in [3.63, 3.8) is 0 Å². The van der Waals surface area contributed by atoms with Gasteiger partial charge < -0.3 is 0 Å². The fourth-order valence-corrected chi connectivity index (χ4v) is 3.97. The van der Waals surface area contributed by atoms with Crippen molar-refractivity contribution < 1.29 is 4.39 Å². The molecule has 1 saturated heterocycles. The number of nitrogens with zero attached hydrogens (tertiary/aromatic N) is 5. The van der Waals surface area contributed by atoms with E-state index in [0.29, 0.717) is 12.5 Å². The van der Waals surface area contributed by atoms with Gasteiger partial charge in [0.2, 0.25) is 0 Å². The zero-order valence-electron chi connectivity index (χ0n) is 13.5. The van der Waals surface area contributed by atoms with Gasteiger partial charge in [0.05, 0.1) is 12.6 Å². The zero-order chi connectivity index (χ0) is 16.2. The lowest BCUT2D eigenvalue weighted by molar-refractivity contribution is 0.158. The largest absolute Gasteiger partial charge is 0.291 e. The highest BCUT2D eigenvalue weighted by molar-refractivity contribution is 7.99. The highest BCUT2D eigenvalue weighted by atomic mass is 32.2.